The van der Waals surface area contributed by atoms with Crippen molar-refractivity contribution >= 4 is 23.8 Å². The number of nitrogens with zero attached hydrogens (tertiary/aromatic N) is 1. The van der Waals surface area contributed by atoms with Crippen LogP contribution in [-0.2, 0) is 4.79 Å². The lowest BCUT2D eigenvalue weighted by Crippen LogP contribution is -2.47. The number of hydrogen-bond acceptors (Lipinski definition) is 3. The predicted molar refractivity (Wildman–Crippen MR) is 77.6 cm³/mol. The fourth-order valence-corrected chi connectivity index (χ4v) is 3.59. The Bertz CT molecular complexity index is 312. The number of carboxylic acids is 1. The molecule has 1 aliphatic rings. The Kier molecular flexibility index (Phi) is 7.05. The number of nitrogens with one attached hydrogen (secondary N) is 1. The van der Waals surface area contributed by atoms with E-state index in [0.29, 0.717) is 11.8 Å². The number of hydrogen-bond donors (Lipinski definition) is 2. The molecule has 0 saturated heterocycles. The molecular weight excluding hydrogens is 264 g/mol. The van der Waals surface area contributed by atoms with Gasteiger partial charge >= 0.3 is 12.0 Å². The SMILES string of the molecule is CCSC1CCCC1NC(=O)N(CC)CCC(=O)O. The maximum absolute atomic E-state index is 12.1. The fraction of sp³-hybridized carbons (Fsp3) is 0.846. The molecule has 0 heterocycles. The zero-order chi connectivity index (χ0) is 14.3. The van der Waals surface area contributed by atoms with Crippen molar-refractivity contribution in [1.29, 1.82) is 0 Å². The summed E-state index contributed by atoms with van der Waals surface area (Å²) in [7, 11) is 0. The van der Waals surface area contributed by atoms with Gasteiger partial charge in [0.05, 0.1) is 6.42 Å². The van der Waals surface area contributed by atoms with Gasteiger partial charge in [-0.2, -0.15) is 11.8 Å². The molecule has 2 N–H and O–H groups in total. The zero-order valence-corrected chi connectivity index (χ0v) is 12.5. The average molecular weight is 288 g/mol. The third-order valence-corrected chi connectivity index (χ3v) is 4.73. The standard InChI is InChI=1S/C13H24N2O3S/c1-3-15(9-8-12(16)17)13(18)14-10-6-5-7-11(10)19-4-2/h10-11H,3-9H2,1-2H3,(H,14,18)(H,16,17). The van der Waals surface area contributed by atoms with Gasteiger partial charge in [-0.3, -0.25) is 4.79 Å². The first-order chi connectivity index (χ1) is 9.08. The Labute approximate surface area is 119 Å². The van der Waals surface area contributed by atoms with E-state index >= 15 is 0 Å². The van der Waals surface area contributed by atoms with E-state index in [9.17, 15) is 9.59 Å². The molecule has 1 rings (SSSR count). The Morgan fingerprint density at radius 3 is 2.68 bits per heavy atom. The van der Waals surface area contributed by atoms with Crippen molar-refractivity contribution in [3.63, 3.8) is 0 Å². The largest absolute Gasteiger partial charge is 0.481 e. The summed E-state index contributed by atoms with van der Waals surface area (Å²) in [6, 6.07) is 0.105. The summed E-state index contributed by atoms with van der Waals surface area (Å²) >= 11 is 1.90. The molecule has 2 atom stereocenters. The molecule has 19 heavy (non-hydrogen) atoms. The number of carbonyl (C=O) groups excluding carboxylic acids is 1. The van der Waals surface area contributed by atoms with Crippen LogP contribution in [0, 0.1) is 0 Å². The lowest BCUT2D eigenvalue weighted by Gasteiger charge is -2.26. The van der Waals surface area contributed by atoms with Gasteiger partial charge < -0.3 is 15.3 Å². The van der Waals surface area contributed by atoms with Gasteiger partial charge in [-0.15, -0.1) is 0 Å². The van der Waals surface area contributed by atoms with Crippen LogP contribution in [0.1, 0.15) is 39.5 Å². The van der Waals surface area contributed by atoms with Gasteiger partial charge in [0, 0.05) is 24.4 Å². The van der Waals surface area contributed by atoms with Crippen LogP contribution in [0.4, 0.5) is 4.79 Å². The van der Waals surface area contributed by atoms with Crippen LogP contribution >= 0.6 is 11.8 Å². The first-order valence-corrected chi connectivity index (χ1v) is 8.02. The zero-order valence-electron chi connectivity index (χ0n) is 11.7. The lowest BCUT2D eigenvalue weighted by molar-refractivity contribution is -0.137. The molecule has 6 heteroatoms. The van der Waals surface area contributed by atoms with Crippen molar-refractivity contribution in [2.75, 3.05) is 18.8 Å². The molecule has 0 aliphatic heterocycles. The molecule has 1 saturated carbocycles. The molecule has 0 radical (unpaired) electrons. The van der Waals surface area contributed by atoms with Crippen molar-refractivity contribution in [1.82, 2.24) is 10.2 Å². The number of thioether (sulfide) groups is 1. The van der Waals surface area contributed by atoms with E-state index in [1.54, 1.807) is 4.90 Å². The van der Waals surface area contributed by atoms with Gasteiger partial charge in [0.25, 0.3) is 0 Å². The van der Waals surface area contributed by atoms with Gasteiger partial charge in [0.15, 0.2) is 0 Å². The summed E-state index contributed by atoms with van der Waals surface area (Å²) in [4.78, 5) is 24.2. The predicted octanol–water partition coefficient (Wildman–Crippen LogP) is 2.17. The highest BCUT2D eigenvalue weighted by Crippen LogP contribution is 2.29. The Hall–Kier alpha value is -0.910. The topological polar surface area (TPSA) is 69.6 Å². The highest BCUT2D eigenvalue weighted by molar-refractivity contribution is 7.99. The molecule has 0 aromatic rings. The van der Waals surface area contributed by atoms with Crippen molar-refractivity contribution in [3.8, 4) is 0 Å². The van der Waals surface area contributed by atoms with E-state index in [-0.39, 0.29) is 25.0 Å². The van der Waals surface area contributed by atoms with Crippen LogP contribution in [0.2, 0.25) is 0 Å². The van der Waals surface area contributed by atoms with E-state index < -0.39 is 5.97 Å². The molecule has 1 fully saturated rings. The van der Waals surface area contributed by atoms with Gasteiger partial charge in [-0.05, 0) is 25.5 Å². The first kappa shape index (κ1) is 16.1. The maximum Gasteiger partial charge on any atom is 0.317 e. The van der Waals surface area contributed by atoms with Gasteiger partial charge in [-0.1, -0.05) is 13.3 Å². The van der Waals surface area contributed by atoms with Crippen LogP contribution in [0.25, 0.3) is 0 Å². The number of carbonyl (C=O) groups is 2. The van der Waals surface area contributed by atoms with E-state index in [0.717, 1.165) is 25.0 Å². The minimum absolute atomic E-state index is 0.000927. The minimum atomic E-state index is -0.869. The Balaban J connectivity index is 2.44. The third kappa shape index (κ3) is 5.30. The molecular formula is C13H24N2O3S. The van der Waals surface area contributed by atoms with E-state index in [1.807, 2.05) is 18.7 Å². The maximum atomic E-state index is 12.1. The summed E-state index contributed by atoms with van der Waals surface area (Å²) in [5.74, 6) is 0.194. The first-order valence-electron chi connectivity index (χ1n) is 6.97. The van der Waals surface area contributed by atoms with Crippen LogP contribution in [0.15, 0.2) is 0 Å². The van der Waals surface area contributed by atoms with Gasteiger partial charge in [0.2, 0.25) is 0 Å². The monoisotopic (exact) mass is 288 g/mol. The average Bonchev–Trinajstić information content (AvgIpc) is 2.77. The normalized spacial score (nSPS) is 22.2. The van der Waals surface area contributed by atoms with Gasteiger partial charge in [0.1, 0.15) is 0 Å². The minimum Gasteiger partial charge on any atom is -0.481 e. The molecule has 110 valence electrons. The molecule has 0 spiro atoms. The molecule has 0 aromatic heterocycles. The highest BCUT2D eigenvalue weighted by atomic mass is 32.2. The summed E-state index contributed by atoms with van der Waals surface area (Å²) in [5.41, 5.74) is 0. The van der Waals surface area contributed by atoms with Crippen molar-refractivity contribution in [2.24, 2.45) is 0 Å². The van der Waals surface area contributed by atoms with Crippen LogP contribution < -0.4 is 5.32 Å². The quantitative estimate of drug-likeness (QED) is 0.753. The second-order valence-electron chi connectivity index (χ2n) is 4.70. The second-order valence-corrected chi connectivity index (χ2v) is 6.22. The number of aliphatic carboxylic acids is 1. The summed E-state index contributed by atoms with van der Waals surface area (Å²) in [5, 5.41) is 12.2. The number of rotatable bonds is 7. The number of urea groups is 1. The van der Waals surface area contributed by atoms with Crippen molar-refractivity contribution < 1.29 is 14.7 Å². The van der Waals surface area contributed by atoms with Crippen LogP contribution in [0.3, 0.4) is 0 Å². The summed E-state index contributed by atoms with van der Waals surface area (Å²) < 4.78 is 0. The van der Waals surface area contributed by atoms with E-state index in [1.165, 1.54) is 0 Å². The number of carboxylic acid groups (broad SMARTS) is 1. The number of amides is 2. The van der Waals surface area contributed by atoms with Crippen LogP contribution in [-0.4, -0.2) is 52.1 Å². The van der Waals surface area contributed by atoms with E-state index in [4.69, 9.17) is 5.11 Å². The van der Waals surface area contributed by atoms with Gasteiger partial charge in [-0.25, -0.2) is 4.79 Å². The summed E-state index contributed by atoms with van der Waals surface area (Å²) in [6.45, 7) is 4.81. The highest BCUT2D eigenvalue weighted by Gasteiger charge is 2.29. The van der Waals surface area contributed by atoms with Crippen molar-refractivity contribution in [2.45, 2.75) is 50.8 Å². The lowest BCUT2D eigenvalue weighted by atomic mass is 10.2. The molecule has 2 unspecified atom stereocenters. The molecule has 2 amide bonds. The fourth-order valence-electron chi connectivity index (χ4n) is 2.39. The molecule has 5 nitrogen and oxygen atoms in total. The molecule has 0 bridgehead atoms. The molecule has 0 aromatic carbocycles. The summed E-state index contributed by atoms with van der Waals surface area (Å²) in [6.07, 6.45) is 3.34. The Morgan fingerprint density at radius 1 is 1.37 bits per heavy atom. The third-order valence-electron chi connectivity index (χ3n) is 3.41. The van der Waals surface area contributed by atoms with Crippen molar-refractivity contribution in [3.05, 3.63) is 0 Å². The van der Waals surface area contributed by atoms with E-state index in [2.05, 4.69) is 12.2 Å². The molecule has 1 aliphatic carbocycles. The van der Waals surface area contributed by atoms with Crippen LogP contribution in [0.5, 0.6) is 0 Å². The second kappa shape index (κ2) is 8.30. The smallest absolute Gasteiger partial charge is 0.317 e. The Morgan fingerprint density at radius 2 is 2.11 bits per heavy atom.